The SMILES string of the molecule is CCCCCCCC/C=C/CCCCCCCCCC(=O)OC[C@H](COP(=O)(O)OC[C@H](N)C(=O)O)OC(=O)CCCCCCCCC/C=C/CCCCCCCC. The number of carbonyl (C=O) groups excluding carboxylic acids is 2. The number of phosphoric acid groups is 1. The van der Waals surface area contributed by atoms with Gasteiger partial charge in [0, 0.05) is 12.8 Å². The van der Waals surface area contributed by atoms with Gasteiger partial charge in [0.2, 0.25) is 0 Å². The summed E-state index contributed by atoms with van der Waals surface area (Å²) in [6, 6.07) is -1.52. The van der Waals surface area contributed by atoms with E-state index in [-0.39, 0.29) is 19.4 Å². The lowest BCUT2D eigenvalue weighted by Crippen LogP contribution is -2.34. The van der Waals surface area contributed by atoms with Gasteiger partial charge in [-0.2, -0.15) is 0 Å². The molecule has 58 heavy (non-hydrogen) atoms. The molecule has 0 saturated carbocycles. The number of carboxylic acid groups (broad SMARTS) is 1. The van der Waals surface area contributed by atoms with Crippen LogP contribution in [0.2, 0.25) is 0 Å². The highest BCUT2D eigenvalue weighted by molar-refractivity contribution is 7.47. The van der Waals surface area contributed by atoms with Crippen LogP contribution in [-0.2, 0) is 37.5 Å². The van der Waals surface area contributed by atoms with Crippen LogP contribution in [0.3, 0.4) is 0 Å². The Labute approximate surface area is 353 Å². The molecule has 0 aliphatic heterocycles. The number of carboxylic acids is 1. The van der Waals surface area contributed by atoms with Crippen LogP contribution in [0.15, 0.2) is 24.3 Å². The van der Waals surface area contributed by atoms with E-state index in [1.165, 1.54) is 128 Å². The first-order chi connectivity index (χ1) is 28.1. The van der Waals surface area contributed by atoms with Gasteiger partial charge < -0.3 is 25.2 Å². The number of rotatable bonds is 44. The van der Waals surface area contributed by atoms with E-state index in [1.54, 1.807) is 0 Å². The van der Waals surface area contributed by atoms with Crippen LogP contribution in [0, 0.1) is 0 Å². The van der Waals surface area contributed by atoms with Crippen molar-refractivity contribution in [3.8, 4) is 0 Å². The van der Waals surface area contributed by atoms with E-state index in [4.69, 9.17) is 24.8 Å². The number of allylic oxidation sites excluding steroid dienone is 4. The molecule has 11 nitrogen and oxygen atoms in total. The summed E-state index contributed by atoms with van der Waals surface area (Å²) in [6.07, 6.45) is 43.8. The first kappa shape index (κ1) is 56.0. The largest absolute Gasteiger partial charge is 0.480 e. The van der Waals surface area contributed by atoms with Gasteiger partial charge in [0.15, 0.2) is 6.10 Å². The number of aliphatic carboxylic acids is 1. The Hall–Kier alpha value is -2.04. The summed E-state index contributed by atoms with van der Waals surface area (Å²) in [4.78, 5) is 46.0. The van der Waals surface area contributed by atoms with Crippen molar-refractivity contribution in [2.45, 2.75) is 231 Å². The molecule has 0 heterocycles. The fourth-order valence-electron chi connectivity index (χ4n) is 6.47. The van der Waals surface area contributed by atoms with Crippen molar-refractivity contribution in [1.29, 1.82) is 0 Å². The number of unbranched alkanes of at least 4 members (excludes halogenated alkanes) is 26. The number of ether oxygens (including phenoxy) is 2. The van der Waals surface area contributed by atoms with E-state index in [1.807, 2.05) is 0 Å². The van der Waals surface area contributed by atoms with Crippen LogP contribution in [0.5, 0.6) is 0 Å². The molecule has 0 aromatic rings. The zero-order chi connectivity index (χ0) is 42.8. The van der Waals surface area contributed by atoms with Crippen LogP contribution < -0.4 is 5.73 Å². The van der Waals surface area contributed by atoms with Gasteiger partial charge in [0.1, 0.15) is 12.6 Å². The molecule has 0 aliphatic carbocycles. The maximum atomic E-state index is 12.6. The van der Waals surface area contributed by atoms with Crippen LogP contribution in [-0.4, -0.2) is 59.9 Å². The van der Waals surface area contributed by atoms with Crippen molar-refractivity contribution in [2.24, 2.45) is 5.73 Å². The van der Waals surface area contributed by atoms with E-state index in [0.717, 1.165) is 51.4 Å². The van der Waals surface area contributed by atoms with Crippen molar-refractivity contribution in [3.63, 3.8) is 0 Å². The molecule has 1 unspecified atom stereocenters. The second-order valence-corrected chi connectivity index (χ2v) is 17.3. The van der Waals surface area contributed by atoms with E-state index in [0.29, 0.717) is 12.8 Å². The Kier molecular flexibility index (Phi) is 40.2. The quantitative estimate of drug-likeness (QED) is 0.0231. The summed E-state index contributed by atoms with van der Waals surface area (Å²) in [5.41, 5.74) is 5.34. The van der Waals surface area contributed by atoms with Gasteiger partial charge in [-0.3, -0.25) is 23.4 Å². The summed E-state index contributed by atoms with van der Waals surface area (Å²) >= 11 is 0. The molecule has 0 bridgehead atoms. The zero-order valence-corrected chi connectivity index (χ0v) is 37.8. The maximum absolute atomic E-state index is 12.6. The topological polar surface area (TPSA) is 172 Å². The number of esters is 2. The molecule has 0 saturated heterocycles. The highest BCUT2D eigenvalue weighted by Gasteiger charge is 2.28. The molecule has 12 heteroatoms. The highest BCUT2D eigenvalue weighted by atomic mass is 31.2. The Morgan fingerprint density at radius 1 is 0.517 bits per heavy atom. The molecule has 4 N–H and O–H groups in total. The molecular weight excluding hydrogens is 757 g/mol. The van der Waals surface area contributed by atoms with Gasteiger partial charge in [0.05, 0.1) is 13.2 Å². The lowest BCUT2D eigenvalue weighted by atomic mass is 10.1. The Morgan fingerprint density at radius 2 is 0.862 bits per heavy atom. The summed E-state index contributed by atoms with van der Waals surface area (Å²) in [5, 5.41) is 8.90. The number of hydrogen-bond donors (Lipinski definition) is 3. The molecule has 0 amide bonds. The lowest BCUT2D eigenvalue weighted by Gasteiger charge is -2.20. The molecule has 340 valence electrons. The second-order valence-electron chi connectivity index (χ2n) is 15.9. The lowest BCUT2D eigenvalue weighted by molar-refractivity contribution is -0.161. The molecule has 0 radical (unpaired) electrons. The predicted octanol–water partition coefficient (Wildman–Crippen LogP) is 12.6. The second kappa shape index (κ2) is 41.7. The summed E-state index contributed by atoms with van der Waals surface area (Å²) in [6.45, 7) is 2.81. The monoisotopic (exact) mass is 844 g/mol. The number of carbonyl (C=O) groups is 3. The minimum Gasteiger partial charge on any atom is -0.480 e. The van der Waals surface area contributed by atoms with Crippen molar-refractivity contribution in [1.82, 2.24) is 0 Å². The van der Waals surface area contributed by atoms with Gasteiger partial charge in [-0.15, -0.1) is 0 Å². The predicted molar refractivity (Wildman–Crippen MR) is 236 cm³/mol. The van der Waals surface area contributed by atoms with Crippen LogP contribution in [0.4, 0.5) is 0 Å². The Morgan fingerprint density at radius 3 is 1.26 bits per heavy atom. The smallest absolute Gasteiger partial charge is 0.472 e. The first-order valence-electron chi connectivity index (χ1n) is 23.4. The Balaban J connectivity index is 4.32. The molecule has 3 atom stereocenters. The molecule has 0 spiro atoms. The normalized spacial score (nSPS) is 13.9. The average molecular weight is 844 g/mol. The van der Waals surface area contributed by atoms with Crippen molar-refractivity contribution in [2.75, 3.05) is 19.8 Å². The third kappa shape index (κ3) is 40.7. The standard InChI is InChI=1S/C46H86NO10P/c1-3-5-7-9-11-13-15-17-19-21-23-25-27-29-31-33-35-37-44(48)54-39-42(40-55-58(52,53)56-41-43(47)46(50)51)57-45(49)38-36-34-32-30-28-26-24-22-20-18-16-14-12-10-8-6-4-2/h17-20,42-43H,3-16,21-41,47H2,1-2H3,(H,50,51)(H,52,53)/b19-17+,20-18+/t42-,43+/m1/s1. The fourth-order valence-corrected chi connectivity index (χ4v) is 7.24. The maximum Gasteiger partial charge on any atom is 0.472 e. The molecule has 0 fully saturated rings. The van der Waals surface area contributed by atoms with E-state index < -0.39 is 51.1 Å². The Bertz CT molecular complexity index is 1080. The van der Waals surface area contributed by atoms with Gasteiger partial charge in [-0.05, 0) is 64.2 Å². The van der Waals surface area contributed by atoms with E-state index in [9.17, 15) is 23.8 Å². The molecular formula is C46H86NO10P. The minimum absolute atomic E-state index is 0.157. The van der Waals surface area contributed by atoms with Crippen molar-refractivity contribution in [3.05, 3.63) is 24.3 Å². The van der Waals surface area contributed by atoms with Gasteiger partial charge >= 0.3 is 25.7 Å². The van der Waals surface area contributed by atoms with Crippen molar-refractivity contribution >= 4 is 25.7 Å². The van der Waals surface area contributed by atoms with Crippen LogP contribution >= 0.6 is 7.82 Å². The molecule has 0 aromatic carbocycles. The highest BCUT2D eigenvalue weighted by Crippen LogP contribution is 2.43. The summed E-state index contributed by atoms with van der Waals surface area (Å²) in [7, 11) is -4.72. The van der Waals surface area contributed by atoms with Crippen LogP contribution in [0.25, 0.3) is 0 Å². The van der Waals surface area contributed by atoms with E-state index in [2.05, 4.69) is 42.7 Å². The van der Waals surface area contributed by atoms with Crippen LogP contribution in [0.1, 0.15) is 219 Å². The average Bonchev–Trinajstić information content (AvgIpc) is 3.20. The van der Waals surface area contributed by atoms with Gasteiger partial charge in [-0.25, -0.2) is 4.57 Å². The third-order valence-corrected chi connectivity index (χ3v) is 11.1. The number of phosphoric ester groups is 1. The van der Waals surface area contributed by atoms with E-state index >= 15 is 0 Å². The van der Waals surface area contributed by atoms with Gasteiger partial charge in [0.25, 0.3) is 0 Å². The number of nitrogens with two attached hydrogens (primary N) is 1. The summed E-state index contributed by atoms with van der Waals surface area (Å²) in [5.74, 6) is -2.38. The first-order valence-corrected chi connectivity index (χ1v) is 24.9. The minimum atomic E-state index is -4.72. The van der Waals surface area contributed by atoms with Gasteiger partial charge in [-0.1, -0.05) is 167 Å². The third-order valence-electron chi connectivity index (χ3n) is 10.2. The summed E-state index contributed by atoms with van der Waals surface area (Å²) < 4.78 is 32.8. The number of hydrogen-bond acceptors (Lipinski definition) is 9. The molecule has 0 aliphatic rings. The zero-order valence-electron chi connectivity index (χ0n) is 36.9. The fraction of sp³-hybridized carbons (Fsp3) is 0.848. The van der Waals surface area contributed by atoms with Crippen molar-refractivity contribution < 1.29 is 47.5 Å². The molecule has 0 rings (SSSR count). The molecule has 0 aromatic heterocycles.